The molecule has 0 unspecified atom stereocenters. The van der Waals surface area contributed by atoms with E-state index in [4.69, 9.17) is 9.84 Å². The molecule has 1 heterocycles. The summed E-state index contributed by atoms with van der Waals surface area (Å²) in [6.07, 6.45) is 3.20. The van der Waals surface area contributed by atoms with Gasteiger partial charge in [0.2, 0.25) is 0 Å². The van der Waals surface area contributed by atoms with Crippen LogP contribution in [0, 0.1) is 0 Å². The van der Waals surface area contributed by atoms with E-state index >= 15 is 0 Å². The van der Waals surface area contributed by atoms with Crippen molar-refractivity contribution in [1.29, 1.82) is 0 Å². The summed E-state index contributed by atoms with van der Waals surface area (Å²) in [6, 6.07) is 0. The smallest absolute Gasteiger partial charge is 0.328 e. The molecule has 4 nitrogen and oxygen atoms in total. The van der Waals surface area contributed by atoms with Crippen LogP contribution in [0.5, 0.6) is 0 Å². The summed E-state index contributed by atoms with van der Waals surface area (Å²) in [4.78, 5) is 10.4. The summed E-state index contributed by atoms with van der Waals surface area (Å²) in [5, 5.41) is 12.0. The van der Waals surface area contributed by atoms with E-state index < -0.39 is 5.97 Å². The van der Waals surface area contributed by atoms with Crippen LogP contribution in [0.15, 0.2) is 11.6 Å². The lowest BCUT2D eigenvalue weighted by Gasteiger charge is -2.34. The second kappa shape index (κ2) is 5.28. The van der Waals surface area contributed by atoms with E-state index in [1.807, 2.05) is 6.92 Å². The van der Waals surface area contributed by atoms with Crippen LogP contribution in [0.3, 0.4) is 0 Å². The van der Waals surface area contributed by atoms with Gasteiger partial charge in [0.25, 0.3) is 0 Å². The number of carboxylic acids is 1. The minimum atomic E-state index is -0.883. The van der Waals surface area contributed by atoms with Gasteiger partial charge in [0, 0.05) is 31.4 Å². The second-order valence-electron chi connectivity index (χ2n) is 4.36. The molecule has 0 amide bonds. The van der Waals surface area contributed by atoms with Crippen LogP contribution in [0.2, 0.25) is 0 Å². The van der Waals surface area contributed by atoms with Crippen molar-refractivity contribution < 1.29 is 14.6 Å². The van der Waals surface area contributed by atoms with E-state index in [0.29, 0.717) is 6.54 Å². The number of rotatable bonds is 4. The highest BCUT2D eigenvalue weighted by Gasteiger charge is 2.26. The lowest BCUT2D eigenvalue weighted by molar-refractivity contribution is -0.131. The van der Waals surface area contributed by atoms with Gasteiger partial charge in [-0.25, -0.2) is 4.79 Å². The molecule has 0 aliphatic carbocycles. The van der Waals surface area contributed by atoms with Crippen LogP contribution >= 0.6 is 0 Å². The number of nitrogens with one attached hydrogen (secondary N) is 1. The summed E-state index contributed by atoms with van der Waals surface area (Å²) in [5.74, 6) is -0.883. The first-order valence-corrected chi connectivity index (χ1v) is 5.25. The molecule has 0 spiro atoms. The van der Waals surface area contributed by atoms with Gasteiger partial charge in [-0.3, -0.25) is 0 Å². The van der Waals surface area contributed by atoms with Gasteiger partial charge in [-0.15, -0.1) is 0 Å². The van der Waals surface area contributed by atoms with E-state index in [1.54, 1.807) is 0 Å². The van der Waals surface area contributed by atoms with Crippen LogP contribution in [0.1, 0.15) is 26.7 Å². The molecule has 2 N–H and O–H groups in total. The molecule has 15 heavy (non-hydrogen) atoms. The minimum Gasteiger partial charge on any atom is -0.478 e. The Hall–Kier alpha value is -0.870. The maximum atomic E-state index is 10.4. The fourth-order valence-corrected chi connectivity index (χ4v) is 1.61. The van der Waals surface area contributed by atoms with E-state index in [-0.39, 0.29) is 5.54 Å². The van der Waals surface area contributed by atoms with Crippen molar-refractivity contribution in [1.82, 2.24) is 5.32 Å². The average Bonchev–Trinajstić information content (AvgIpc) is 2.15. The quantitative estimate of drug-likeness (QED) is 0.688. The molecule has 1 aliphatic heterocycles. The van der Waals surface area contributed by atoms with Gasteiger partial charge in [-0.2, -0.15) is 0 Å². The lowest BCUT2D eigenvalue weighted by Crippen LogP contribution is -2.47. The van der Waals surface area contributed by atoms with Gasteiger partial charge in [0.05, 0.1) is 0 Å². The van der Waals surface area contributed by atoms with Gasteiger partial charge in [0.1, 0.15) is 0 Å². The number of aliphatic carboxylic acids is 1. The predicted octanol–water partition coefficient (Wildman–Crippen LogP) is 1.18. The SMILES string of the molecule is CC(=CC(=O)O)CNC1(C)CCOCC1. The summed E-state index contributed by atoms with van der Waals surface area (Å²) in [5.41, 5.74) is 0.932. The summed E-state index contributed by atoms with van der Waals surface area (Å²) < 4.78 is 5.29. The molecule has 1 fully saturated rings. The Morgan fingerprint density at radius 3 is 2.67 bits per heavy atom. The number of carboxylic acid groups (broad SMARTS) is 1. The normalized spacial score (nSPS) is 21.3. The van der Waals surface area contributed by atoms with E-state index in [2.05, 4.69) is 12.2 Å². The highest BCUT2D eigenvalue weighted by atomic mass is 16.5. The first kappa shape index (κ1) is 12.2. The molecular formula is C11H19NO3. The third kappa shape index (κ3) is 4.44. The Morgan fingerprint density at radius 1 is 1.53 bits per heavy atom. The Balaban J connectivity index is 2.38. The van der Waals surface area contributed by atoms with E-state index in [0.717, 1.165) is 31.6 Å². The number of ether oxygens (including phenoxy) is 1. The predicted molar refractivity (Wildman–Crippen MR) is 57.9 cm³/mol. The van der Waals surface area contributed by atoms with Crippen molar-refractivity contribution in [2.75, 3.05) is 19.8 Å². The highest BCUT2D eigenvalue weighted by molar-refractivity contribution is 5.80. The monoisotopic (exact) mass is 213 g/mol. The van der Waals surface area contributed by atoms with Crippen molar-refractivity contribution in [3.8, 4) is 0 Å². The standard InChI is InChI=1S/C11H19NO3/c1-9(7-10(13)14)8-12-11(2)3-5-15-6-4-11/h7,12H,3-6,8H2,1-2H3,(H,13,14). The molecule has 0 aromatic rings. The molecule has 4 heteroatoms. The maximum absolute atomic E-state index is 10.4. The fourth-order valence-electron chi connectivity index (χ4n) is 1.61. The molecule has 0 bridgehead atoms. The molecule has 0 saturated carbocycles. The molecule has 0 aromatic carbocycles. The first-order chi connectivity index (χ1) is 7.02. The Bertz CT molecular complexity index is 255. The van der Waals surface area contributed by atoms with E-state index in [9.17, 15) is 4.79 Å². The highest BCUT2D eigenvalue weighted by Crippen LogP contribution is 2.19. The Labute approximate surface area is 90.3 Å². The summed E-state index contributed by atoms with van der Waals surface area (Å²) in [7, 11) is 0. The Morgan fingerprint density at radius 2 is 2.13 bits per heavy atom. The molecule has 0 atom stereocenters. The van der Waals surface area contributed by atoms with Gasteiger partial charge in [-0.05, 0) is 26.7 Å². The zero-order valence-electron chi connectivity index (χ0n) is 9.38. The third-order valence-corrected chi connectivity index (χ3v) is 2.76. The summed E-state index contributed by atoms with van der Waals surface area (Å²) >= 11 is 0. The van der Waals surface area contributed by atoms with Crippen molar-refractivity contribution in [3.63, 3.8) is 0 Å². The largest absolute Gasteiger partial charge is 0.478 e. The minimum absolute atomic E-state index is 0.0891. The van der Waals surface area contributed by atoms with Crippen LogP contribution in [-0.2, 0) is 9.53 Å². The van der Waals surface area contributed by atoms with Gasteiger partial charge in [-0.1, -0.05) is 5.57 Å². The van der Waals surface area contributed by atoms with Crippen molar-refractivity contribution >= 4 is 5.97 Å². The molecular weight excluding hydrogens is 194 g/mol. The molecule has 1 aliphatic rings. The molecule has 1 rings (SSSR count). The molecule has 0 aromatic heterocycles. The van der Waals surface area contributed by atoms with Gasteiger partial charge < -0.3 is 15.2 Å². The Kier molecular flexibility index (Phi) is 4.29. The van der Waals surface area contributed by atoms with E-state index in [1.165, 1.54) is 6.08 Å². The molecule has 1 saturated heterocycles. The lowest BCUT2D eigenvalue weighted by atomic mass is 9.92. The molecule has 0 radical (unpaired) electrons. The average molecular weight is 213 g/mol. The zero-order chi connectivity index (χ0) is 11.3. The van der Waals surface area contributed by atoms with Crippen LogP contribution < -0.4 is 5.32 Å². The van der Waals surface area contributed by atoms with Crippen molar-refractivity contribution in [2.45, 2.75) is 32.2 Å². The van der Waals surface area contributed by atoms with Crippen LogP contribution in [-0.4, -0.2) is 36.4 Å². The number of hydrogen-bond donors (Lipinski definition) is 2. The second-order valence-corrected chi connectivity index (χ2v) is 4.36. The molecule has 86 valence electrons. The summed E-state index contributed by atoms with van der Waals surface area (Å²) in [6.45, 7) is 6.17. The zero-order valence-corrected chi connectivity index (χ0v) is 9.38. The van der Waals surface area contributed by atoms with Gasteiger partial charge >= 0.3 is 5.97 Å². The fraction of sp³-hybridized carbons (Fsp3) is 0.727. The number of carbonyl (C=O) groups is 1. The third-order valence-electron chi connectivity index (χ3n) is 2.76. The maximum Gasteiger partial charge on any atom is 0.328 e. The van der Waals surface area contributed by atoms with Crippen LogP contribution in [0.4, 0.5) is 0 Å². The first-order valence-electron chi connectivity index (χ1n) is 5.25. The van der Waals surface area contributed by atoms with Gasteiger partial charge in [0.15, 0.2) is 0 Å². The topological polar surface area (TPSA) is 58.6 Å². The van der Waals surface area contributed by atoms with Crippen LogP contribution in [0.25, 0.3) is 0 Å². The van der Waals surface area contributed by atoms with Crippen molar-refractivity contribution in [2.24, 2.45) is 0 Å². The van der Waals surface area contributed by atoms with Crippen molar-refractivity contribution in [3.05, 3.63) is 11.6 Å². The number of hydrogen-bond acceptors (Lipinski definition) is 3.